The number of pyridine rings is 1. The van der Waals surface area contributed by atoms with E-state index in [1.54, 1.807) is 0 Å². The van der Waals surface area contributed by atoms with Crippen molar-refractivity contribution in [3.8, 4) is 0 Å². The molecule has 16 heavy (non-hydrogen) atoms. The second kappa shape index (κ2) is 7.23. The highest BCUT2D eigenvalue weighted by Gasteiger charge is 2.01. The minimum absolute atomic E-state index is 0.324. The van der Waals surface area contributed by atoms with E-state index in [0.29, 0.717) is 6.61 Å². The number of rotatable bonds is 7. The van der Waals surface area contributed by atoms with E-state index >= 15 is 0 Å². The molecular weight excluding hydrogens is 200 g/mol. The molecule has 3 heteroatoms. The molecule has 1 rings (SSSR count). The smallest absolute Gasteiger partial charge is 0.170 e. The van der Waals surface area contributed by atoms with Gasteiger partial charge >= 0.3 is 0 Å². The summed E-state index contributed by atoms with van der Waals surface area (Å²) in [5.74, 6) is 0. The van der Waals surface area contributed by atoms with E-state index in [1.807, 2.05) is 0 Å². The van der Waals surface area contributed by atoms with E-state index in [1.165, 1.54) is 18.5 Å². The van der Waals surface area contributed by atoms with Crippen molar-refractivity contribution in [1.82, 2.24) is 0 Å². The highest BCUT2D eigenvalue weighted by Crippen LogP contribution is 2.06. The third-order valence-electron chi connectivity index (χ3n) is 2.71. The number of hydrogen-bond donors (Lipinski definition) is 1. The summed E-state index contributed by atoms with van der Waals surface area (Å²) >= 11 is 0. The molecule has 0 saturated heterocycles. The SMILES string of the molecule is CN(C)c1cc[n+](CCCCCCO)cc1. The van der Waals surface area contributed by atoms with Crippen molar-refractivity contribution >= 4 is 5.69 Å². The first-order valence-corrected chi connectivity index (χ1v) is 6.01. The van der Waals surface area contributed by atoms with Crippen LogP contribution in [0.3, 0.4) is 0 Å². The summed E-state index contributed by atoms with van der Waals surface area (Å²) in [4.78, 5) is 2.10. The van der Waals surface area contributed by atoms with E-state index in [4.69, 9.17) is 5.11 Å². The zero-order valence-corrected chi connectivity index (χ0v) is 10.4. The Morgan fingerprint density at radius 2 is 1.69 bits per heavy atom. The van der Waals surface area contributed by atoms with Crippen molar-refractivity contribution in [3.63, 3.8) is 0 Å². The first-order valence-electron chi connectivity index (χ1n) is 6.01. The molecule has 0 atom stereocenters. The number of aryl methyl sites for hydroxylation is 1. The average molecular weight is 223 g/mol. The lowest BCUT2D eigenvalue weighted by Crippen LogP contribution is -2.32. The number of aliphatic hydroxyl groups excluding tert-OH is 1. The number of unbranched alkanes of at least 4 members (excludes halogenated alkanes) is 3. The molecule has 90 valence electrons. The van der Waals surface area contributed by atoms with Gasteiger partial charge in [-0.1, -0.05) is 6.42 Å². The van der Waals surface area contributed by atoms with Gasteiger partial charge in [0.1, 0.15) is 6.54 Å². The summed E-state index contributed by atoms with van der Waals surface area (Å²) in [6.45, 7) is 1.39. The van der Waals surface area contributed by atoms with Crippen LogP contribution in [0, 0.1) is 0 Å². The number of hydrogen-bond acceptors (Lipinski definition) is 2. The lowest BCUT2D eigenvalue weighted by Gasteiger charge is -2.10. The quantitative estimate of drug-likeness (QED) is 0.561. The van der Waals surface area contributed by atoms with Crippen molar-refractivity contribution in [2.75, 3.05) is 25.6 Å². The monoisotopic (exact) mass is 223 g/mol. The van der Waals surface area contributed by atoms with E-state index in [2.05, 4.69) is 48.1 Å². The fourth-order valence-corrected chi connectivity index (χ4v) is 1.66. The Morgan fingerprint density at radius 1 is 1.06 bits per heavy atom. The van der Waals surface area contributed by atoms with Crippen molar-refractivity contribution in [3.05, 3.63) is 24.5 Å². The maximum Gasteiger partial charge on any atom is 0.170 e. The summed E-state index contributed by atoms with van der Waals surface area (Å²) < 4.78 is 2.21. The van der Waals surface area contributed by atoms with Gasteiger partial charge in [-0.25, -0.2) is 4.57 Å². The second-order valence-electron chi connectivity index (χ2n) is 4.33. The van der Waals surface area contributed by atoms with Crippen LogP contribution in [-0.4, -0.2) is 25.8 Å². The zero-order chi connectivity index (χ0) is 11.8. The molecule has 1 aromatic rings. The second-order valence-corrected chi connectivity index (χ2v) is 4.33. The van der Waals surface area contributed by atoms with Crippen molar-refractivity contribution in [2.45, 2.75) is 32.2 Å². The number of anilines is 1. The summed E-state index contributed by atoms with van der Waals surface area (Å²) in [5, 5.41) is 8.66. The fraction of sp³-hybridized carbons (Fsp3) is 0.615. The van der Waals surface area contributed by atoms with Crippen LogP contribution in [0.5, 0.6) is 0 Å². The van der Waals surface area contributed by atoms with Crippen molar-refractivity contribution in [2.24, 2.45) is 0 Å². The molecule has 1 aromatic heterocycles. The topological polar surface area (TPSA) is 27.4 Å². The Balaban J connectivity index is 2.27. The molecule has 1 heterocycles. The molecule has 0 fully saturated rings. The molecule has 0 saturated carbocycles. The molecule has 0 radical (unpaired) electrons. The van der Waals surface area contributed by atoms with Crippen LogP contribution >= 0.6 is 0 Å². The first kappa shape index (κ1) is 13.0. The number of nitrogens with zero attached hydrogens (tertiary/aromatic N) is 2. The van der Waals surface area contributed by atoms with Gasteiger partial charge in [-0.2, -0.15) is 0 Å². The van der Waals surface area contributed by atoms with Gasteiger partial charge in [-0.15, -0.1) is 0 Å². The molecule has 3 nitrogen and oxygen atoms in total. The Labute approximate surface area is 98.3 Å². The zero-order valence-electron chi connectivity index (χ0n) is 10.4. The van der Waals surface area contributed by atoms with Crippen molar-refractivity contribution < 1.29 is 9.67 Å². The van der Waals surface area contributed by atoms with Gasteiger partial charge in [0, 0.05) is 44.9 Å². The Kier molecular flexibility index (Phi) is 5.86. The van der Waals surface area contributed by atoms with Crippen LogP contribution in [-0.2, 0) is 6.54 Å². The first-order chi connectivity index (χ1) is 7.74. The van der Waals surface area contributed by atoms with Crippen LogP contribution < -0.4 is 9.47 Å². The van der Waals surface area contributed by atoms with E-state index in [-0.39, 0.29) is 0 Å². The largest absolute Gasteiger partial charge is 0.396 e. The number of aliphatic hydroxyl groups is 1. The molecular formula is C13H23N2O+. The van der Waals surface area contributed by atoms with Gasteiger partial charge in [0.15, 0.2) is 12.4 Å². The van der Waals surface area contributed by atoms with Gasteiger partial charge in [0.2, 0.25) is 0 Å². The van der Waals surface area contributed by atoms with Crippen LogP contribution in [0.15, 0.2) is 24.5 Å². The summed E-state index contributed by atoms with van der Waals surface area (Å²) in [6.07, 6.45) is 8.70. The third kappa shape index (κ3) is 4.62. The molecule has 0 bridgehead atoms. The molecule has 0 aliphatic heterocycles. The predicted octanol–water partition coefficient (Wildman–Crippen LogP) is 1.59. The maximum absolute atomic E-state index is 8.66. The number of aromatic nitrogens is 1. The minimum Gasteiger partial charge on any atom is -0.396 e. The van der Waals surface area contributed by atoms with Gasteiger partial charge < -0.3 is 10.0 Å². The standard InChI is InChI=1S/C13H23N2O/c1-14(2)13-7-10-15(11-8-13)9-5-3-4-6-12-16/h7-8,10-11,16H,3-6,9,12H2,1-2H3/q+1. The summed E-state index contributed by atoms with van der Waals surface area (Å²) in [5.41, 5.74) is 1.23. The predicted molar refractivity (Wildman–Crippen MR) is 66.5 cm³/mol. The van der Waals surface area contributed by atoms with Crippen LogP contribution in [0.25, 0.3) is 0 Å². The molecule has 1 N–H and O–H groups in total. The Morgan fingerprint density at radius 3 is 2.25 bits per heavy atom. The third-order valence-corrected chi connectivity index (χ3v) is 2.71. The van der Waals surface area contributed by atoms with Crippen LogP contribution in [0.1, 0.15) is 25.7 Å². The fourth-order valence-electron chi connectivity index (χ4n) is 1.66. The normalized spacial score (nSPS) is 10.4. The summed E-state index contributed by atoms with van der Waals surface area (Å²) in [6, 6.07) is 4.27. The molecule has 0 aliphatic carbocycles. The van der Waals surface area contributed by atoms with E-state index in [9.17, 15) is 0 Å². The van der Waals surface area contributed by atoms with Crippen LogP contribution in [0.2, 0.25) is 0 Å². The van der Waals surface area contributed by atoms with Crippen LogP contribution in [0.4, 0.5) is 5.69 Å². The molecule has 0 amide bonds. The molecule has 0 aliphatic rings. The minimum atomic E-state index is 0.324. The Hall–Kier alpha value is -1.09. The van der Waals surface area contributed by atoms with Crippen molar-refractivity contribution in [1.29, 1.82) is 0 Å². The Bertz CT molecular complexity index is 282. The highest BCUT2D eigenvalue weighted by molar-refractivity contribution is 5.41. The lowest BCUT2D eigenvalue weighted by molar-refractivity contribution is -0.697. The van der Waals surface area contributed by atoms with E-state index < -0.39 is 0 Å². The van der Waals surface area contributed by atoms with Gasteiger partial charge in [0.05, 0.1) is 0 Å². The lowest BCUT2D eigenvalue weighted by atomic mass is 10.2. The summed E-state index contributed by atoms with van der Waals surface area (Å²) in [7, 11) is 4.10. The highest BCUT2D eigenvalue weighted by atomic mass is 16.2. The molecule has 0 unspecified atom stereocenters. The average Bonchev–Trinajstić information content (AvgIpc) is 2.29. The molecule has 0 aromatic carbocycles. The molecule has 0 spiro atoms. The van der Waals surface area contributed by atoms with Gasteiger partial charge in [-0.3, -0.25) is 0 Å². The van der Waals surface area contributed by atoms with E-state index in [0.717, 1.165) is 19.4 Å². The van der Waals surface area contributed by atoms with Gasteiger partial charge in [0.25, 0.3) is 0 Å². The van der Waals surface area contributed by atoms with Gasteiger partial charge in [-0.05, 0) is 12.8 Å². The maximum atomic E-state index is 8.66.